The van der Waals surface area contributed by atoms with E-state index in [0.29, 0.717) is 5.02 Å². The van der Waals surface area contributed by atoms with E-state index in [1.165, 1.54) is 31.2 Å². The number of aliphatic hydroxyl groups excluding tert-OH is 1. The predicted molar refractivity (Wildman–Crippen MR) is 96.1 cm³/mol. The first-order valence-electron chi connectivity index (χ1n) is 7.75. The average molecular weight is 407 g/mol. The highest BCUT2D eigenvalue weighted by molar-refractivity contribution is 7.89. The van der Waals surface area contributed by atoms with E-state index in [4.69, 9.17) is 16.3 Å². The van der Waals surface area contributed by atoms with Crippen LogP contribution in [0.2, 0.25) is 5.02 Å². The number of benzene rings is 1. The molecule has 0 aliphatic rings. The van der Waals surface area contributed by atoms with Crippen LogP contribution in [0.15, 0.2) is 29.2 Å². The van der Waals surface area contributed by atoms with Crippen molar-refractivity contribution in [2.75, 3.05) is 6.61 Å². The predicted octanol–water partition coefficient (Wildman–Crippen LogP) is 0.826. The molecule has 146 valence electrons. The van der Waals surface area contributed by atoms with Gasteiger partial charge in [-0.05, 0) is 52.0 Å². The molecule has 0 aromatic heterocycles. The van der Waals surface area contributed by atoms with Gasteiger partial charge in [0, 0.05) is 10.6 Å². The molecule has 10 heteroatoms. The number of sulfonamides is 1. The van der Waals surface area contributed by atoms with Crippen molar-refractivity contribution in [1.29, 1.82) is 0 Å². The minimum absolute atomic E-state index is 0.133. The van der Waals surface area contributed by atoms with Gasteiger partial charge in [-0.2, -0.15) is 4.72 Å². The minimum atomic E-state index is -4.10. The average Bonchev–Trinajstić information content (AvgIpc) is 2.49. The number of rotatable bonds is 7. The summed E-state index contributed by atoms with van der Waals surface area (Å²) in [5.41, 5.74) is -0.511. The highest BCUT2D eigenvalue weighted by Crippen LogP contribution is 2.15. The molecule has 1 rings (SSSR count). The van der Waals surface area contributed by atoms with Crippen LogP contribution >= 0.6 is 11.6 Å². The molecule has 0 spiro atoms. The third-order valence-corrected chi connectivity index (χ3v) is 4.71. The largest absolute Gasteiger partial charge is 0.454 e. The lowest BCUT2D eigenvalue weighted by Gasteiger charge is -2.22. The van der Waals surface area contributed by atoms with E-state index in [2.05, 4.69) is 10.0 Å². The number of nitrogens with one attached hydrogen (secondary N) is 2. The summed E-state index contributed by atoms with van der Waals surface area (Å²) < 4.78 is 31.6. The minimum Gasteiger partial charge on any atom is -0.454 e. The van der Waals surface area contributed by atoms with Crippen LogP contribution < -0.4 is 10.0 Å². The van der Waals surface area contributed by atoms with E-state index in [9.17, 15) is 23.1 Å². The molecule has 0 heterocycles. The zero-order valence-corrected chi connectivity index (χ0v) is 16.5. The Labute approximate surface area is 157 Å². The molecule has 0 bridgehead atoms. The molecule has 2 atom stereocenters. The van der Waals surface area contributed by atoms with Crippen LogP contribution in [0.3, 0.4) is 0 Å². The van der Waals surface area contributed by atoms with E-state index < -0.39 is 46.2 Å². The van der Waals surface area contributed by atoms with E-state index in [1.807, 2.05) is 0 Å². The second kappa shape index (κ2) is 8.81. The van der Waals surface area contributed by atoms with E-state index in [0.717, 1.165) is 0 Å². The number of carbonyl (C=O) groups is 2. The first-order valence-corrected chi connectivity index (χ1v) is 9.61. The van der Waals surface area contributed by atoms with E-state index in [-0.39, 0.29) is 4.90 Å². The van der Waals surface area contributed by atoms with Crippen LogP contribution in [0, 0.1) is 0 Å². The highest BCUT2D eigenvalue weighted by Gasteiger charge is 2.31. The second-order valence-electron chi connectivity index (χ2n) is 6.70. The van der Waals surface area contributed by atoms with Gasteiger partial charge >= 0.3 is 5.97 Å². The number of carbonyl (C=O) groups excluding carboxylic acids is 2. The fourth-order valence-electron chi connectivity index (χ4n) is 1.87. The summed E-state index contributed by atoms with van der Waals surface area (Å²) in [6.45, 7) is 5.90. The second-order valence-corrected chi connectivity index (χ2v) is 8.85. The highest BCUT2D eigenvalue weighted by atomic mass is 35.5. The van der Waals surface area contributed by atoms with E-state index in [1.54, 1.807) is 20.8 Å². The maximum absolute atomic E-state index is 12.3. The number of aliphatic hydroxyl groups is 1. The van der Waals surface area contributed by atoms with Crippen molar-refractivity contribution in [3.8, 4) is 0 Å². The SMILES string of the molecule is C[C@H](O)[C@@H](NS(=O)(=O)c1ccc(Cl)cc1)C(=O)OCC(=O)NC(C)(C)C. The van der Waals surface area contributed by atoms with Gasteiger partial charge in [-0.15, -0.1) is 0 Å². The molecular weight excluding hydrogens is 384 g/mol. The number of amides is 1. The van der Waals surface area contributed by atoms with E-state index >= 15 is 0 Å². The smallest absolute Gasteiger partial charge is 0.327 e. The van der Waals surface area contributed by atoms with Crippen LogP contribution in [-0.4, -0.2) is 49.7 Å². The van der Waals surface area contributed by atoms with Gasteiger partial charge in [-0.25, -0.2) is 8.42 Å². The van der Waals surface area contributed by atoms with Crippen molar-refractivity contribution < 1.29 is 27.9 Å². The Kier molecular flexibility index (Phi) is 7.57. The third-order valence-electron chi connectivity index (χ3n) is 3.00. The molecule has 1 aromatic carbocycles. The van der Waals surface area contributed by atoms with Gasteiger partial charge in [0.1, 0.15) is 6.04 Å². The number of hydrogen-bond donors (Lipinski definition) is 3. The van der Waals surface area contributed by atoms with Gasteiger partial charge in [0.15, 0.2) is 6.61 Å². The Bertz CT molecular complexity index is 741. The van der Waals surface area contributed by atoms with Crippen molar-refractivity contribution >= 4 is 33.5 Å². The topological polar surface area (TPSA) is 122 Å². The summed E-state index contributed by atoms with van der Waals surface area (Å²) in [6.07, 6.45) is -1.38. The van der Waals surface area contributed by atoms with Gasteiger partial charge < -0.3 is 15.2 Å². The molecule has 0 radical (unpaired) electrons. The Balaban J connectivity index is 2.80. The first-order chi connectivity index (χ1) is 11.8. The summed E-state index contributed by atoms with van der Waals surface area (Å²) in [5.74, 6) is -1.61. The fraction of sp³-hybridized carbons (Fsp3) is 0.500. The first kappa shape index (κ1) is 22.4. The third kappa shape index (κ3) is 7.28. The van der Waals surface area contributed by atoms with Crippen molar-refractivity contribution in [1.82, 2.24) is 10.0 Å². The molecule has 0 saturated heterocycles. The number of hydrogen-bond acceptors (Lipinski definition) is 6. The van der Waals surface area contributed by atoms with Gasteiger partial charge in [0.05, 0.1) is 11.0 Å². The maximum atomic E-state index is 12.3. The zero-order valence-electron chi connectivity index (χ0n) is 14.9. The number of esters is 1. The lowest BCUT2D eigenvalue weighted by atomic mass is 10.1. The van der Waals surface area contributed by atoms with Gasteiger partial charge in [0.2, 0.25) is 10.0 Å². The lowest BCUT2D eigenvalue weighted by Crippen LogP contribution is -2.49. The van der Waals surface area contributed by atoms with Crippen LogP contribution in [0.25, 0.3) is 0 Å². The van der Waals surface area contributed by atoms with Crippen molar-refractivity contribution in [3.63, 3.8) is 0 Å². The summed E-state index contributed by atoms with van der Waals surface area (Å²) in [7, 11) is -4.10. The molecule has 0 unspecified atom stereocenters. The molecule has 0 saturated carbocycles. The Morgan fingerprint density at radius 2 is 1.77 bits per heavy atom. The van der Waals surface area contributed by atoms with Crippen LogP contribution in [0.1, 0.15) is 27.7 Å². The van der Waals surface area contributed by atoms with Crippen molar-refractivity contribution in [3.05, 3.63) is 29.3 Å². The summed E-state index contributed by atoms with van der Waals surface area (Å²) in [4.78, 5) is 23.7. The molecule has 0 fully saturated rings. The van der Waals surface area contributed by atoms with Crippen molar-refractivity contribution in [2.24, 2.45) is 0 Å². The Hall–Kier alpha value is -1.68. The molecule has 1 amide bonds. The maximum Gasteiger partial charge on any atom is 0.327 e. The van der Waals surface area contributed by atoms with Crippen LogP contribution in [-0.2, 0) is 24.3 Å². The summed E-state index contributed by atoms with van der Waals surface area (Å²) in [6, 6.07) is 3.70. The molecule has 26 heavy (non-hydrogen) atoms. The summed E-state index contributed by atoms with van der Waals surface area (Å²) >= 11 is 5.72. The molecule has 8 nitrogen and oxygen atoms in total. The van der Waals surface area contributed by atoms with Gasteiger partial charge in [-0.3, -0.25) is 9.59 Å². The number of ether oxygens (including phenoxy) is 1. The molecular formula is C16H23ClN2O6S. The van der Waals surface area contributed by atoms with Crippen LogP contribution in [0.4, 0.5) is 0 Å². The monoisotopic (exact) mass is 406 g/mol. The van der Waals surface area contributed by atoms with Crippen LogP contribution in [0.5, 0.6) is 0 Å². The summed E-state index contributed by atoms with van der Waals surface area (Å²) in [5, 5.41) is 12.7. The molecule has 1 aromatic rings. The zero-order chi connectivity index (χ0) is 20.1. The molecule has 0 aliphatic carbocycles. The molecule has 3 N–H and O–H groups in total. The quantitative estimate of drug-likeness (QED) is 0.576. The standard InChI is InChI=1S/C16H23ClN2O6S/c1-10(20)14(15(22)25-9-13(21)18-16(2,3)4)19-26(23,24)12-7-5-11(17)6-8-12/h5-8,10,14,19-20H,9H2,1-4H3,(H,18,21)/t10-,14+/m0/s1. The Morgan fingerprint density at radius 1 is 1.23 bits per heavy atom. The van der Waals surface area contributed by atoms with Gasteiger partial charge in [0.25, 0.3) is 5.91 Å². The van der Waals surface area contributed by atoms with Gasteiger partial charge in [-0.1, -0.05) is 11.6 Å². The van der Waals surface area contributed by atoms with Crippen molar-refractivity contribution in [2.45, 2.75) is 50.3 Å². The lowest BCUT2D eigenvalue weighted by molar-refractivity contribution is -0.152. The fourth-order valence-corrected chi connectivity index (χ4v) is 3.26. The normalized spacial score (nSPS) is 14.4. The molecule has 0 aliphatic heterocycles. The number of halogens is 1. The Morgan fingerprint density at radius 3 is 2.23 bits per heavy atom.